The lowest BCUT2D eigenvalue weighted by Crippen LogP contribution is -2.48. The molecule has 1 saturated heterocycles. The van der Waals surface area contributed by atoms with E-state index in [-0.39, 0.29) is 23.0 Å². The molecular weight excluding hydrogens is 358 g/mol. The Morgan fingerprint density at radius 1 is 1.11 bits per heavy atom. The van der Waals surface area contributed by atoms with E-state index in [9.17, 15) is 18.4 Å². The highest BCUT2D eigenvalue weighted by atomic mass is 19.3. The number of carbonyl (C=O) groups is 2. The standard InChI is InChI=1S/C18H16F2N4O3/c19-18(20)12-3-1-2-4-14(12)24(17(18)27)11-7-9-23(10-8-11)15-6-5-13(16(25)26)21-22-15/h1-6,11H,7-10H2,(H,25,26). The number of nitrogens with zero attached hydrogens (tertiary/aromatic N) is 4. The highest BCUT2D eigenvalue weighted by Gasteiger charge is 2.54. The maximum Gasteiger partial charge on any atom is 0.356 e. The molecule has 0 bridgehead atoms. The van der Waals surface area contributed by atoms with Crippen LogP contribution in [-0.4, -0.2) is 46.3 Å². The van der Waals surface area contributed by atoms with Gasteiger partial charge in [-0.2, -0.15) is 8.78 Å². The summed E-state index contributed by atoms with van der Waals surface area (Å²) in [5.74, 6) is -5.30. The van der Waals surface area contributed by atoms with Crippen LogP contribution in [0.4, 0.5) is 20.3 Å². The van der Waals surface area contributed by atoms with Gasteiger partial charge in [0.25, 0.3) is 0 Å². The summed E-state index contributed by atoms with van der Waals surface area (Å²) in [7, 11) is 0. The molecule has 1 amide bonds. The van der Waals surface area contributed by atoms with Crippen LogP contribution in [-0.2, 0) is 10.7 Å². The third kappa shape index (κ3) is 2.79. The molecule has 0 unspecified atom stereocenters. The molecule has 1 aromatic carbocycles. The van der Waals surface area contributed by atoms with Crippen molar-refractivity contribution in [1.29, 1.82) is 0 Å². The second kappa shape index (κ2) is 6.26. The number of hydrogen-bond acceptors (Lipinski definition) is 5. The molecule has 140 valence electrons. The molecule has 0 spiro atoms. The second-order valence-electron chi connectivity index (χ2n) is 6.57. The van der Waals surface area contributed by atoms with E-state index in [1.807, 2.05) is 4.90 Å². The zero-order chi connectivity index (χ0) is 19.2. The van der Waals surface area contributed by atoms with Gasteiger partial charge in [0, 0.05) is 19.1 Å². The van der Waals surface area contributed by atoms with Crippen LogP contribution in [0.15, 0.2) is 36.4 Å². The van der Waals surface area contributed by atoms with Gasteiger partial charge < -0.3 is 14.9 Å². The zero-order valence-electron chi connectivity index (χ0n) is 14.2. The Bertz CT molecular complexity index is 896. The number of aromatic carboxylic acids is 1. The number of para-hydroxylation sites is 1. The highest BCUT2D eigenvalue weighted by molar-refractivity contribution is 6.06. The van der Waals surface area contributed by atoms with Gasteiger partial charge in [-0.25, -0.2) is 4.79 Å². The van der Waals surface area contributed by atoms with E-state index < -0.39 is 17.8 Å². The van der Waals surface area contributed by atoms with Gasteiger partial charge in [0.05, 0.1) is 11.3 Å². The largest absolute Gasteiger partial charge is 0.476 e. The van der Waals surface area contributed by atoms with Crippen molar-refractivity contribution < 1.29 is 23.5 Å². The Morgan fingerprint density at radius 3 is 2.44 bits per heavy atom. The normalized spacial score (nSPS) is 19.3. The highest BCUT2D eigenvalue weighted by Crippen LogP contribution is 2.46. The van der Waals surface area contributed by atoms with E-state index in [4.69, 9.17) is 5.11 Å². The number of halogens is 2. The molecule has 4 rings (SSSR count). The first-order chi connectivity index (χ1) is 12.9. The minimum Gasteiger partial charge on any atom is -0.476 e. The smallest absolute Gasteiger partial charge is 0.356 e. The number of benzene rings is 1. The van der Waals surface area contributed by atoms with Crippen LogP contribution < -0.4 is 9.80 Å². The molecule has 1 aromatic heterocycles. The number of aromatic nitrogens is 2. The first-order valence-corrected chi connectivity index (χ1v) is 8.52. The van der Waals surface area contributed by atoms with E-state index in [2.05, 4.69) is 10.2 Å². The molecule has 0 radical (unpaired) electrons. The Balaban J connectivity index is 1.50. The summed E-state index contributed by atoms with van der Waals surface area (Å²) in [6.07, 6.45) is 0.997. The van der Waals surface area contributed by atoms with Crippen molar-refractivity contribution in [3.05, 3.63) is 47.7 Å². The van der Waals surface area contributed by atoms with Crippen LogP contribution in [0, 0.1) is 0 Å². The van der Waals surface area contributed by atoms with Crippen molar-refractivity contribution in [3.8, 4) is 0 Å². The number of amides is 1. The molecule has 2 aromatic rings. The molecule has 2 aliphatic heterocycles. The summed E-state index contributed by atoms with van der Waals surface area (Å²) in [5, 5.41) is 16.4. The van der Waals surface area contributed by atoms with Gasteiger partial charge in [0.1, 0.15) is 0 Å². The minimum absolute atomic E-state index is 0.143. The van der Waals surface area contributed by atoms with Gasteiger partial charge in [0.2, 0.25) is 0 Å². The topological polar surface area (TPSA) is 86.6 Å². The van der Waals surface area contributed by atoms with Gasteiger partial charge in [-0.1, -0.05) is 18.2 Å². The molecule has 7 nitrogen and oxygen atoms in total. The van der Waals surface area contributed by atoms with Crippen molar-refractivity contribution in [2.45, 2.75) is 24.8 Å². The average Bonchev–Trinajstić information content (AvgIpc) is 2.88. The number of carbonyl (C=O) groups excluding carboxylic acids is 1. The SMILES string of the molecule is O=C(O)c1ccc(N2CCC(N3C(=O)C(F)(F)c4ccccc43)CC2)nn1. The summed E-state index contributed by atoms with van der Waals surface area (Å²) in [4.78, 5) is 26.3. The number of rotatable bonds is 3. The number of alkyl halides is 2. The molecule has 1 fully saturated rings. The Hall–Kier alpha value is -3.10. The molecule has 0 atom stereocenters. The van der Waals surface area contributed by atoms with Crippen molar-refractivity contribution in [1.82, 2.24) is 10.2 Å². The second-order valence-corrected chi connectivity index (χ2v) is 6.57. The molecule has 0 aliphatic carbocycles. The summed E-state index contributed by atoms with van der Waals surface area (Å²) >= 11 is 0. The van der Waals surface area contributed by atoms with Crippen LogP contribution in [0.5, 0.6) is 0 Å². The van der Waals surface area contributed by atoms with Gasteiger partial charge >= 0.3 is 17.8 Å². The third-order valence-electron chi connectivity index (χ3n) is 5.01. The lowest BCUT2D eigenvalue weighted by molar-refractivity contribution is -0.142. The van der Waals surface area contributed by atoms with E-state index in [0.29, 0.717) is 31.7 Å². The summed E-state index contributed by atoms with van der Waals surface area (Å²) in [6, 6.07) is 8.62. The van der Waals surface area contributed by atoms with Crippen molar-refractivity contribution >= 4 is 23.4 Å². The minimum atomic E-state index is -3.49. The Labute approximate surface area is 153 Å². The van der Waals surface area contributed by atoms with Crippen molar-refractivity contribution in [2.75, 3.05) is 22.9 Å². The predicted octanol–water partition coefficient (Wildman–Crippen LogP) is 2.28. The lowest BCUT2D eigenvalue weighted by atomic mass is 10.0. The molecule has 1 N–H and O–H groups in total. The van der Waals surface area contributed by atoms with Crippen LogP contribution >= 0.6 is 0 Å². The van der Waals surface area contributed by atoms with Gasteiger partial charge in [-0.3, -0.25) is 4.79 Å². The first-order valence-electron chi connectivity index (χ1n) is 8.52. The predicted molar refractivity (Wildman–Crippen MR) is 92.0 cm³/mol. The molecule has 2 aliphatic rings. The van der Waals surface area contributed by atoms with Gasteiger partial charge in [-0.05, 0) is 31.0 Å². The Morgan fingerprint density at radius 2 is 1.81 bits per heavy atom. The van der Waals surface area contributed by atoms with E-state index >= 15 is 0 Å². The zero-order valence-corrected chi connectivity index (χ0v) is 14.2. The van der Waals surface area contributed by atoms with E-state index in [0.717, 1.165) is 0 Å². The quantitative estimate of drug-likeness (QED) is 0.887. The number of anilines is 2. The van der Waals surface area contributed by atoms with Crippen LogP contribution in [0.1, 0.15) is 28.9 Å². The third-order valence-corrected chi connectivity index (χ3v) is 5.01. The lowest BCUT2D eigenvalue weighted by Gasteiger charge is -2.37. The average molecular weight is 374 g/mol. The summed E-state index contributed by atoms with van der Waals surface area (Å²) in [5.41, 5.74) is -0.112. The van der Waals surface area contributed by atoms with Gasteiger partial charge in [-0.15, -0.1) is 10.2 Å². The van der Waals surface area contributed by atoms with Crippen molar-refractivity contribution in [2.24, 2.45) is 0 Å². The summed E-state index contributed by atoms with van der Waals surface area (Å²) in [6.45, 7) is 1.01. The summed E-state index contributed by atoms with van der Waals surface area (Å²) < 4.78 is 28.6. The maximum absolute atomic E-state index is 14.3. The number of carboxylic acid groups (broad SMARTS) is 1. The fourth-order valence-electron chi connectivity index (χ4n) is 3.65. The molecule has 27 heavy (non-hydrogen) atoms. The fourth-order valence-corrected chi connectivity index (χ4v) is 3.65. The van der Waals surface area contributed by atoms with E-state index in [1.165, 1.54) is 23.1 Å². The molecule has 9 heteroatoms. The maximum atomic E-state index is 14.3. The monoisotopic (exact) mass is 374 g/mol. The van der Waals surface area contributed by atoms with E-state index in [1.54, 1.807) is 18.2 Å². The Kier molecular flexibility index (Phi) is 4.01. The number of piperidine rings is 1. The molecular formula is C18H16F2N4O3. The number of hydrogen-bond donors (Lipinski definition) is 1. The molecule has 0 saturated carbocycles. The van der Waals surface area contributed by atoms with Crippen LogP contribution in [0.25, 0.3) is 0 Å². The molecule has 3 heterocycles. The van der Waals surface area contributed by atoms with Crippen LogP contribution in [0.2, 0.25) is 0 Å². The fraction of sp³-hybridized carbons (Fsp3) is 0.333. The van der Waals surface area contributed by atoms with Crippen LogP contribution in [0.3, 0.4) is 0 Å². The van der Waals surface area contributed by atoms with Crippen molar-refractivity contribution in [3.63, 3.8) is 0 Å². The van der Waals surface area contributed by atoms with Gasteiger partial charge in [0.15, 0.2) is 11.5 Å². The number of fused-ring (bicyclic) bond motifs is 1. The number of carboxylic acids is 1. The first kappa shape index (κ1) is 17.3.